The number of hydrogen-bond donors (Lipinski definition) is 2. The van der Waals surface area contributed by atoms with Crippen molar-refractivity contribution in [3.8, 4) is 22.9 Å². The summed E-state index contributed by atoms with van der Waals surface area (Å²) in [6.07, 6.45) is 4.57. The van der Waals surface area contributed by atoms with Crippen LogP contribution in [-0.4, -0.2) is 50.7 Å². The lowest BCUT2D eigenvalue weighted by molar-refractivity contribution is 0.0206. The molecular weight excluding hydrogens is 463 g/mol. The largest absolute Gasteiger partial charge is 0.444 e. The molecule has 1 atom stereocenters. The summed E-state index contributed by atoms with van der Waals surface area (Å²) >= 11 is 0. The molecule has 0 spiro atoms. The molecule has 2 aromatic heterocycles. The third-order valence-electron chi connectivity index (χ3n) is 5.56. The van der Waals surface area contributed by atoms with Crippen molar-refractivity contribution in [3.05, 3.63) is 54.1 Å². The van der Waals surface area contributed by atoms with E-state index in [4.69, 9.17) is 15.2 Å². The molecule has 3 aromatic rings. The highest BCUT2D eigenvalue weighted by atomic mass is 19.1. The molecule has 1 aromatic carbocycles. The van der Waals surface area contributed by atoms with Crippen LogP contribution in [0.5, 0.6) is 11.6 Å². The van der Waals surface area contributed by atoms with Crippen LogP contribution in [0.15, 0.2) is 42.7 Å². The van der Waals surface area contributed by atoms with Gasteiger partial charge in [-0.05, 0) is 70.4 Å². The minimum Gasteiger partial charge on any atom is -0.444 e. The Bertz CT molecular complexity index is 1220. The molecule has 10 heteroatoms. The number of nitrogen functional groups attached to an aromatic ring is 1. The number of nitrogens with one attached hydrogen (secondary N) is 1. The molecule has 1 amide bonds. The average molecular weight is 495 g/mol. The monoisotopic (exact) mass is 494 g/mol. The molecule has 0 bridgehead atoms. The summed E-state index contributed by atoms with van der Waals surface area (Å²) < 4.78 is 25.9. The molecule has 190 valence electrons. The zero-order valence-electron chi connectivity index (χ0n) is 20.9. The fourth-order valence-electron chi connectivity index (χ4n) is 4.00. The first-order valence-corrected chi connectivity index (χ1v) is 11.9. The van der Waals surface area contributed by atoms with Gasteiger partial charge in [0.05, 0.1) is 11.3 Å². The van der Waals surface area contributed by atoms with Gasteiger partial charge in [-0.2, -0.15) is 0 Å². The second kappa shape index (κ2) is 10.3. The Morgan fingerprint density at radius 1 is 1.22 bits per heavy atom. The van der Waals surface area contributed by atoms with Gasteiger partial charge in [0.1, 0.15) is 5.60 Å². The Hall–Kier alpha value is -3.95. The number of carbonyl (C=O) groups excluding carboxylic acids is 1. The first-order chi connectivity index (χ1) is 17.1. The van der Waals surface area contributed by atoms with E-state index in [2.05, 4.69) is 20.3 Å². The van der Waals surface area contributed by atoms with Crippen LogP contribution in [0.3, 0.4) is 0 Å². The fraction of sp³-hybridized carbons (Fsp3) is 0.385. The topological polar surface area (TPSA) is 115 Å². The van der Waals surface area contributed by atoms with Gasteiger partial charge in [-0.1, -0.05) is 0 Å². The third-order valence-corrected chi connectivity index (χ3v) is 5.56. The Labute approximate surface area is 209 Å². The number of piperidine rings is 1. The van der Waals surface area contributed by atoms with Gasteiger partial charge >= 0.3 is 6.09 Å². The quantitative estimate of drug-likeness (QED) is 0.467. The van der Waals surface area contributed by atoms with E-state index in [9.17, 15) is 9.18 Å². The number of halogens is 1. The molecule has 4 rings (SSSR count). The van der Waals surface area contributed by atoms with Gasteiger partial charge in [0.15, 0.2) is 11.6 Å². The Morgan fingerprint density at radius 3 is 2.78 bits per heavy atom. The minimum atomic E-state index is -0.569. The highest BCUT2D eigenvalue weighted by Gasteiger charge is 2.28. The van der Waals surface area contributed by atoms with Gasteiger partial charge in [-0.3, -0.25) is 0 Å². The van der Waals surface area contributed by atoms with Crippen LogP contribution >= 0.6 is 0 Å². The number of nitrogens with zero attached hydrogens (tertiary/aromatic N) is 4. The Balaban J connectivity index is 1.52. The van der Waals surface area contributed by atoms with Gasteiger partial charge in [-0.25, -0.2) is 24.1 Å². The number of nitrogens with two attached hydrogens (primary N) is 1. The number of ether oxygens (including phenoxy) is 2. The van der Waals surface area contributed by atoms with E-state index in [0.29, 0.717) is 41.5 Å². The molecule has 3 N–H and O–H groups in total. The maximum Gasteiger partial charge on any atom is 0.410 e. The van der Waals surface area contributed by atoms with Gasteiger partial charge in [-0.15, -0.1) is 0 Å². The van der Waals surface area contributed by atoms with Crippen molar-refractivity contribution >= 4 is 17.7 Å². The van der Waals surface area contributed by atoms with Crippen molar-refractivity contribution in [1.29, 1.82) is 0 Å². The Morgan fingerprint density at radius 2 is 2.03 bits per heavy atom. The SMILES string of the molecule is Cc1cc(N)cc(F)c1Oc1ncccc1-c1ccnc(NC2CCCN(C(=O)OC(C)(C)C)C2)n1. The number of pyridine rings is 1. The summed E-state index contributed by atoms with van der Waals surface area (Å²) in [6, 6.07) is 8.10. The average Bonchev–Trinajstić information content (AvgIpc) is 2.81. The number of rotatable bonds is 5. The molecule has 1 aliphatic heterocycles. The van der Waals surface area contributed by atoms with E-state index >= 15 is 0 Å². The number of carbonyl (C=O) groups is 1. The number of aryl methyl sites for hydroxylation is 1. The van der Waals surface area contributed by atoms with E-state index in [-0.39, 0.29) is 23.8 Å². The first-order valence-electron chi connectivity index (χ1n) is 11.9. The predicted octanol–water partition coefficient (Wildman–Crippen LogP) is 5.17. The minimum absolute atomic E-state index is 0.0299. The lowest BCUT2D eigenvalue weighted by atomic mass is 10.1. The van der Waals surface area contributed by atoms with Crippen molar-refractivity contribution < 1.29 is 18.7 Å². The summed E-state index contributed by atoms with van der Waals surface area (Å²) in [5.74, 6) is 0.109. The molecule has 1 fully saturated rings. The summed E-state index contributed by atoms with van der Waals surface area (Å²) in [5, 5.41) is 3.33. The standard InChI is InChI=1S/C26H31FN6O3/c1-16-13-17(28)14-20(27)22(16)35-23-19(8-5-10-29-23)21-9-11-30-24(32-21)31-18-7-6-12-33(15-18)25(34)36-26(2,3)4/h5,8-11,13-14,18H,6-7,12,15,28H2,1-4H3,(H,30,31,32). The summed E-state index contributed by atoms with van der Waals surface area (Å²) in [4.78, 5) is 27.5. The van der Waals surface area contributed by atoms with Crippen LogP contribution in [-0.2, 0) is 4.74 Å². The van der Waals surface area contributed by atoms with E-state index < -0.39 is 11.4 Å². The van der Waals surface area contributed by atoms with Crippen molar-refractivity contribution in [2.45, 2.75) is 52.2 Å². The maximum atomic E-state index is 14.5. The number of benzene rings is 1. The summed E-state index contributed by atoms with van der Waals surface area (Å²) in [6.45, 7) is 8.40. The van der Waals surface area contributed by atoms with Crippen molar-refractivity contribution in [3.63, 3.8) is 0 Å². The van der Waals surface area contributed by atoms with E-state index in [1.54, 1.807) is 48.5 Å². The third kappa shape index (κ3) is 6.18. The summed E-state index contributed by atoms with van der Waals surface area (Å²) in [5.41, 5.74) is 7.19. The second-order valence-electron chi connectivity index (χ2n) is 9.78. The zero-order valence-corrected chi connectivity index (χ0v) is 20.9. The van der Waals surface area contributed by atoms with Crippen molar-refractivity contribution in [2.24, 2.45) is 0 Å². The smallest absolute Gasteiger partial charge is 0.410 e. The lowest BCUT2D eigenvalue weighted by Crippen LogP contribution is -2.47. The number of aromatic nitrogens is 3. The molecule has 0 saturated carbocycles. The van der Waals surface area contributed by atoms with Crippen LogP contribution in [0.25, 0.3) is 11.3 Å². The van der Waals surface area contributed by atoms with Crippen molar-refractivity contribution in [1.82, 2.24) is 19.9 Å². The van der Waals surface area contributed by atoms with Gasteiger partial charge in [0, 0.05) is 43.3 Å². The van der Waals surface area contributed by atoms with Gasteiger partial charge in [0.25, 0.3) is 0 Å². The van der Waals surface area contributed by atoms with Crippen LogP contribution in [0, 0.1) is 12.7 Å². The zero-order chi connectivity index (χ0) is 25.9. The first kappa shape index (κ1) is 25.2. The molecule has 36 heavy (non-hydrogen) atoms. The Kier molecular flexibility index (Phi) is 7.23. The van der Waals surface area contributed by atoms with Gasteiger partial charge in [0.2, 0.25) is 11.8 Å². The van der Waals surface area contributed by atoms with E-state index in [0.717, 1.165) is 12.8 Å². The van der Waals surface area contributed by atoms with E-state index in [1.807, 2.05) is 20.8 Å². The molecular formula is C26H31FN6O3. The van der Waals surface area contributed by atoms with Crippen LogP contribution in [0.2, 0.25) is 0 Å². The van der Waals surface area contributed by atoms with Crippen LogP contribution < -0.4 is 15.8 Å². The molecule has 0 aliphatic carbocycles. The molecule has 0 radical (unpaired) electrons. The normalized spacial score (nSPS) is 15.9. The fourth-order valence-corrected chi connectivity index (χ4v) is 4.00. The van der Waals surface area contributed by atoms with E-state index in [1.165, 1.54) is 6.07 Å². The molecule has 3 heterocycles. The number of anilines is 2. The molecule has 9 nitrogen and oxygen atoms in total. The number of likely N-dealkylation sites (tertiary alicyclic amines) is 1. The van der Waals surface area contributed by atoms with Crippen LogP contribution in [0.1, 0.15) is 39.2 Å². The van der Waals surface area contributed by atoms with Crippen LogP contribution in [0.4, 0.5) is 20.8 Å². The molecule has 1 saturated heterocycles. The highest BCUT2D eigenvalue weighted by Crippen LogP contribution is 2.34. The second-order valence-corrected chi connectivity index (χ2v) is 9.78. The molecule has 1 aliphatic rings. The predicted molar refractivity (Wildman–Crippen MR) is 135 cm³/mol. The maximum absolute atomic E-state index is 14.5. The lowest BCUT2D eigenvalue weighted by Gasteiger charge is -2.34. The number of hydrogen-bond acceptors (Lipinski definition) is 8. The highest BCUT2D eigenvalue weighted by molar-refractivity contribution is 5.68. The van der Waals surface area contributed by atoms with Gasteiger partial charge < -0.3 is 25.4 Å². The van der Waals surface area contributed by atoms with Crippen molar-refractivity contribution in [2.75, 3.05) is 24.1 Å². The summed E-state index contributed by atoms with van der Waals surface area (Å²) in [7, 11) is 0. The number of amides is 1. The molecule has 1 unspecified atom stereocenters.